The van der Waals surface area contributed by atoms with Crippen LogP contribution in [0.4, 0.5) is 5.69 Å². The Balaban J connectivity index is 1.64. The van der Waals surface area contributed by atoms with E-state index in [0.29, 0.717) is 24.3 Å². The second-order valence-electron chi connectivity index (χ2n) is 10.1. The number of allylic oxidation sites excluding steroid dienone is 2. The number of imide groups is 1. The third kappa shape index (κ3) is 2.77. The van der Waals surface area contributed by atoms with E-state index in [1.807, 2.05) is 74.5 Å². The van der Waals surface area contributed by atoms with Crippen molar-refractivity contribution >= 4 is 34.4 Å². The topological polar surface area (TPSA) is 63.7 Å². The van der Waals surface area contributed by atoms with Gasteiger partial charge in [0.25, 0.3) is 0 Å². The molecule has 1 aliphatic heterocycles. The van der Waals surface area contributed by atoms with Gasteiger partial charge in [-0.3, -0.25) is 14.4 Å². The molecular weight excluding hydrogens is 462 g/mol. The van der Waals surface area contributed by atoms with Crippen molar-refractivity contribution in [3.8, 4) is 5.75 Å². The highest BCUT2D eigenvalue weighted by atomic mass is 16.5. The second-order valence-corrected chi connectivity index (χ2v) is 10.1. The summed E-state index contributed by atoms with van der Waals surface area (Å²) >= 11 is 0. The fourth-order valence-electron chi connectivity index (χ4n) is 7.44. The van der Waals surface area contributed by atoms with E-state index in [1.165, 1.54) is 4.90 Å². The first-order chi connectivity index (χ1) is 18.0. The molecule has 2 fully saturated rings. The van der Waals surface area contributed by atoms with Crippen LogP contribution in [0.5, 0.6) is 5.75 Å². The van der Waals surface area contributed by atoms with Crippen molar-refractivity contribution in [2.75, 3.05) is 12.0 Å². The molecule has 3 aromatic carbocycles. The summed E-state index contributed by atoms with van der Waals surface area (Å²) in [7, 11) is 1.58. The molecule has 1 saturated carbocycles. The minimum Gasteiger partial charge on any atom is -0.497 e. The lowest BCUT2D eigenvalue weighted by atomic mass is 9.60. The summed E-state index contributed by atoms with van der Waals surface area (Å²) in [5.74, 6) is -1.37. The summed E-state index contributed by atoms with van der Waals surface area (Å²) in [5.41, 5.74) is 2.07. The molecule has 0 aromatic heterocycles. The molecule has 0 unspecified atom stereocenters. The van der Waals surface area contributed by atoms with Crippen LogP contribution in [0, 0.1) is 22.7 Å². The van der Waals surface area contributed by atoms with Gasteiger partial charge in [0.15, 0.2) is 5.78 Å². The molecule has 3 aliphatic rings. The monoisotopic (exact) mass is 491 g/mol. The van der Waals surface area contributed by atoms with E-state index in [2.05, 4.69) is 0 Å². The van der Waals surface area contributed by atoms with Crippen LogP contribution < -0.4 is 9.64 Å². The number of ether oxygens (including phenoxy) is 1. The number of Topliss-reactive ketones (excluding diaryl/α,β-unsaturated/α-hetero) is 1. The van der Waals surface area contributed by atoms with Gasteiger partial charge in [0, 0.05) is 0 Å². The average molecular weight is 492 g/mol. The highest BCUT2D eigenvalue weighted by Crippen LogP contribution is 2.75. The van der Waals surface area contributed by atoms with Crippen molar-refractivity contribution in [2.45, 2.75) is 26.7 Å². The Morgan fingerprint density at radius 2 is 1.11 bits per heavy atom. The van der Waals surface area contributed by atoms with Gasteiger partial charge in [-0.25, -0.2) is 4.90 Å². The molecule has 37 heavy (non-hydrogen) atoms. The smallest absolute Gasteiger partial charge is 0.239 e. The third-order valence-corrected chi connectivity index (χ3v) is 8.89. The molecule has 1 saturated heterocycles. The van der Waals surface area contributed by atoms with Crippen molar-refractivity contribution in [2.24, 2.45) is 22.7 Å². The Morgan fingerprint density at radius 1 is 0.676 bits per heavy atom. The van der Waals surface area contributed by atoms with Crippen LogP contribution in [-0.2, 0) is 14.4 Å². The van der Waals surface area contributed by atoms with Crippen LogP contribution >= 0.6 is 0 Å². The highest BCUT2D eigenvalue weighted by Gasteiger charge is 2.80. The Hall–Kier alpha value is -3.99. The Bertz CT molecular complexity index is 1360. The molecule has 6 rings (SSSR count). The number of hydrogen-bond acceptors (Lipinski definition) is 4. The number of nitrogens with zero attached hydrogens (tertiary/aromatic N) is 1. The van der Waals surface area contributed by atoms with Crippen LogP contribution in [0.1, 0.15) is 37.8 Å². The van der Waals surface area contributed by atoms with Crippen LogP contribution in [0.15, 0.2) is 84.9 Å². The third-order valence-electron chi connectivity index (χ3n) is 8.89. The number of amides is 2. The predicted octanol–water partition coefficient (Wildman–Crippen LogP) is 5.80. The van der Waals surface area contributed by atoms with Gasteiger partial charge >= 0.3 is 0 Å². The van der Waals surface area contributed by atoms with Crippen LogP contribution in [0.25, 0.3) is 11.1 Å². The molecule has 2 amide bonds. The predicted molar refractivity (Wildman–Crippen MR) is 143 cm³/mol. The van der Waals surface area contributed by atoms with Gasteiger partial charge in [-0.15, -0.1) is 0 Å². The van der Waals surface area contributed by atoms with Gasteiger partial charge in [-0.2, -0.15) is 0 Å². The van der Waals surface area contributed by atoms with E-state index < -0.39 is 22.7 Å². The van der Waals surface area contributed by atoms with Crippen molar-refractivity contribution in [1.29, 1.82) is 0 Å². The van der Waals surface area contributed by atoms with Crippen molar-refractivity contribution in [3.63, 3.8) is 0 Å². The van der Waals surface area contributed by atoms with Gasteiger partial charge < -0.3 is 4.74 Å². The number of fused-ring (bicyclic) bond motifs is 5. The summed E-state index contributed by atoms with van der Waals surface area (Å²) in [6.07, 6.45) is 0.898. The number of carbonyl (C=O) groups excluding carboxylic acids is 3. The SMILES string of the molecule is CC[C@]12C(=O)[C@](CC)(C(c3ccccc3)=C1c1ccccc1)[C@H]1C(=O)N(c3ccc(OC)cc3)C(=O)[C@H]12. The minimum atomic E-state index is -1.07. The number of hydrogen-bond donors (Lipinski definition) is 0. The molecule has 0 N–H and O–H groups in total. The first kappa shape index (κ1) is 23.4. The quantitative estimate of drug-likeness (QED) is 0.409. The lowest BCUT2D eigenvalue weighted by molar-refractivity contribution is -0.134. The number of ketones is 1. The molecule has 1 heterocycles. The van der Waals surface area contributed by atoms with Crippen LogP contribution in [0.2, 0.25) is 0 Å². The molecule has 5 heteroatoms. The second kappa shape index (κ2) is 8.27. The number of anilines is 1. The molecule has 2 bridgehead atoms. The van der Waals surface area contributed by atoms with Crippen LogP contribution in [-0.4, -0.2) is 24.7 Å². The van der Waals surface area contributed by atoms with E-state index in [0.717, 1.165) is 22.3 Å². The van der Waals surface area contributed by atoms with Crippen molar-refractivity contribution < 1.29 is 19.1 Å². The Labute approximate surface area is 216 Å². The van der Waals surface area contributed by atoms with Crippen molar-refractivity contribution in [1.82, 2.24) is 0 Å². The highest BCUT2D eigenvalue weighted by molar-refractivity contribution is 6.34. The molecule has 186 valence electrons. The molecule has 3 aromatic rings. The zero-order valence-electron chi connectivity index (χ0n) is 21.2. The first-order valence-corrected chi connectivity index (χ1v) is 12.9. The Morgan fingerprint density at radius 3 is 1.49 bits per heavy atom. The first-order valence-electron chi connectivity index (χ1n) is 12.9. The van der Waals surface area contributed by atoms with E-state index in [4.69, 9.17) is 4.74 Å². The largest absolute Gasteiger partial charge is 0.497 e. The van der Waals surface area contributed by atoms with Gasteiger partial charge in [0.2, 0.25) is 11.8 Å². The van der Waals surface area contributed by atoms with Gasteiger partial charge in [0.1, 0.15) is 5.75 Å². The zero-order valence-corrected chi connectivity index (χ0v) is 21.2. The number of benzene rings is 3. The van der Waals surface area contributed by atoms with Crippen molar-refractivity contribution in [3.05, 3.63) is 96.1 Å². The summed E-state index contributed by atoms with van der Waals surface area (Å²) in [4.78, 5) is 44.5. The lowest BCUT2D eigenvalue weighted by Gasteiger charge is -2.38. The standard InChI is InChI=1S/C32H29NO4/c1-4-31-24(20-12-8-6-9-13-20)25(21-14-10-7-11-15-21)32(5-2,30(31)36)27-26(31)28(34)33(29(27)35)22-16-18-23(37-3)19-17-22/h6-19,26-27H,4-5H2,1-3H3/t26-,27+,31-,32+. The molecular formula is C32H29NO4. The van der Waals surface area contributed by atoms with E-state index in [9.17, 15) is 14.4 Å². The van der Waals surface area contributed by atoms with Gasteiger partial charge in [0.05, 0.1) is 35.5 Å². The molecule has 4 atom stereocenters. The molecule has 0 radical (unpaired) electrons. The van der Waals surface area contributed by atoms with Crippen LogP contribution in [0.3, 0.4) is 0 Å². The van der Waals surface area contributed by atoms with Gasteiger partial charge in [-0.1, -0.05) is 74.5 Å². The fourth-order valence-corrected chi connectivity index (χ4v) is 7.44. The minimum absolute atomic E-state index is 0.0220. The zero-order chi connectivity index (χ0) is 25.9. The summed E-state index contributed by atoms with van der Waals surface area (Å²) in [6, 6.07) is 26.8. The number of carbonyl (C=O) groups is 3. The summed E-state index contributed by atoms with van der Waals surface area (Å²) in [6.45, 7) is 3.96. The number of methoxy groups -OCH3 is 1. The molecule has 5 nitrogen and oxygen atoms in total. The maximum absolute atomic E-state index is 14.7. The molecule has 0 spiro atoms. The average Bonchev–Trinajstić information content (AvgIpc) is 3.45. The van der Waals surface area contributed by atoms with E-state index >= 15 is 0 Å². The fraction of sp³-hybridized carbons (Fsp3) is 0.281. The van der Waals surface area contributed by atoms with E-state index in [1.54, 1.807) is 31.4 Å². The maximum atomic E-state index is 14.7. The summed E-state index contributed by atoms with van der Waals surface area (Å²) in [5, 5.41) is 0. The lowest BCUT2D eigenvalue weighted by Crippen LogP contribution is -2.41. The van der Waals surface area contributed by atoms with E-state index in [-0.39, 0.29) is 17.6 Å². The molecule has 2 aliphatic carbocycles. The number of rotatable bonds is 6. The maximum Gasteiger partial charge on any atom is 0.239 e. The summed E-state index contributed by atoms with van der Waals surface area (Å²) < 4.78 is 5.27. The Kier molecular flexibility index (Phi) is 5.23. The normalized spacial score (nSPS) is 28.3. The van der Waals surface area contributed by atoms with Gasteiger partial charge in [-0.05, 0) is 59.4 Å².